The molecule has 0 atom stereocenters. The Labute approximate surface area is 256 Å². The Morgan fingerprint density at radius 1 is 0.909 bits per heavy atom. The molecule has 1 aliphatic rings. The van der Waals surface area contributed by atoms with Gasteiger partial charge in [0.2, 0.25) is 0 Å². The molecule has 1 fully saturated rings. The van der Waals surface area contributed by atoms with Gasteiger partial charge >= 0.3 is 5.76 Å². The van der Waals surface area contributed by atoms with Crippen molar-refractivity contribution < 1.29 is 9.26 Å². The summed E-state index contributed by atoms with van der Waals surface area (Å²) < 4.78 is 12.7. The van der Waals surface area contributed by atoms with Gasteiger partial charge in [-0.25, -0.2) is 9.78 Å². The van der Waals surface area contributed by atoms with Gasteiger partial charge in [-0.05, 0) is 73.1 Å². The molecule has 1 aliphatic carbocycles. The van der Waals surface area contributed by atoms with E-state index in [1.807, 2.05) is 79.7 Å². The van der Waals surface area contributed by atoms with E-state index in [9.17, 15) is 9.59 Å². The minimum absolute atomic E-state index is 0.0225. The highest BCUT2D eigenvalue weighted by molar-refractivity contribution is 5.80. The summed E-state index contributed by atoms with van der Waals surface area (Å²) in [4.78, 5) is 33.4. The van der Waals surface area contributed by atoms with Crippen molar-refractivity contribution in [3.05, 3.63) is 116 Å². The highest BCUT2D eigenvalue weighted by Gasteiger charge is 2.19. The molecular weight excluding hydrogens is 552 g/mol. The minimum atomic E-state index is -0.592. The van der Waals surface area contributed by atoms with E-state index in [-0.39, 0.29) is 11.7 Å². The number of aromatic nitrogens is 4. The van der Waals surface area contributed by atoms with Crippen molar-refractivity contribution >= 4 is 0 Å². The molecule has 0 saturated heterocycles. The molecule has 0 bridgehead atoms. The highest BCUT2D eigenvalue weighted by Crippen LogP contribution is 2.30. The average Bonchev–Trinajstić information content (AvgIpc) is 3.50. The van der Waals surface area contributed by atoms with Crippen molar-refractivity contribution in [3.63, 3.8) is 0 Å². The SMILES string of the molecule is CCCc1nc(CC)n(-c2ccc(OC3CCCCC3)cc2)c(=O)c1Cc1ccc(-c2ccccc2-c2noc(=O)[nH]2)cc1. The molecule has 5 aromatic rings. The molecule has 1 saturated carbocycles. The molecule has 0 unspecified atom stereocenters. The maximum Gasteiger partial charge on any atom is 0.439 e. The first-order chi connectivity index (χ1) is 21.5. The zero-order valence-corrected chi connectivity index (χ0v) is 25.3. The van der Waals surface area contributed by atoms with Crippen LogP contribution in [-0.2, 0) is 19.3 Å². The predicted molar refractivity (Wildman–Crippen MR) is 172 cm³/mol. The highest BCUT2D eigenvalue weighted by atomic mass is 16.5. The normalized spacial score (nSPS) is 13.7. The van der Waals surface area contributed by atoms with Crippen molar-refractivity contribution in [2.75, 3.05) is 0 Å². The van der Waals surface area contributed by atoms with Crippen LogP contribution < -0.4 is 16.1 Å². The summed E-state index contributed by atoms with van der Waals surface area (Å²) in [5, 5.41) is 3.87. The third-order valence-corrected chi connectivity index (χ3v) is 8.35. The van der Waals surface area contributed by atoms with E-state index in [2.05, 4.69) is 17.1 Å². The Bertz CT molecular complexity index is 1830. The second-order valence-electron chi connectivity index (χ2n) is 11.4. The fourth-order valence-corrected chi connectivity index (χ4v) is 6.12. The Morgan fingerprint density at radius 3 is 2.30 bits per heavy atom. The van der Waals surface area contributed by atoms with Crippen LogP contribution in [0.4, 0.5) is 0 Å². The first kappa shape index (κ1) is 29.4. The molecule has 2 heterocycles. The number of rotatable bonds is 10. The van der Waals surface area contributed by atoms with E-state index < -0.39 is 5.76 Å². The maximum absolute atomic E-state index is 14.2. The van der Waals surface area contributed by atoms with Gasteiger partial charge in [0.1, 0.15) is 11.6 Å². The Hall–Kier alpha value is -4.72. The van der Waals surface area contributed by atoms with Crippen LogP contribution in [0.3, 0.4) is 0 Å². The third kappa shape index (κ3) is 6.30. The quantitative estimate of drug-likeness (QED) is 0.187. The molecule has 3 aromatic carbocycles. The van der Waals surface area contributed by atoms with Crippen LogP contribution >= 0.6 is 0 Å². The van der Waals surface area contributed by atoms with Crippen LogP contribution in [0.1, 0.15) is 75.0 Å². The van der Waals surface area contributed by atoms with Crippen LogP contribution in [-0.4, -0.2) is 25.8 Å². The number of nitrogens with zero attached hydrogens (tertiary/aromatic N) is 3. The Balaban J connectivity index is 1.30. The van der Waals surface area contributed by atoms with Crippen molar-refractivity contribution in [2.24, 2.45) is 0 Å². The van der Waals surface area contributed by atoms with Gasteiger partial charge in [0.25, 0.3) is 5.56 Å². The van der Waals surface area contributed by atoms with Crippen molar-refractivity contribution in [1.29, 1.82) is 0 Å². The smallest absolute Gasteiger partial charge is 0.439 e. The molecule has 0 amide bonds. The lowest BCUT2D eigenvalue weighted by atomic mass is 9.96. The fourth-order valence-electron chi connectivity index (χ4n) is 6.12. The summed E-state index contributed by atoms with van der Waals surface area (Å²) in [5.74, 6) is 1.40. The maximum atomic E-state index is 14.2. The second kappa shape index (κ2) is 13.3. The number of nitrogens with one attached hydrogen (secondary N) is 1. The van der Waals surface area contributed by atoms with E-state index in [0.717, 1.165) is 76.5 Å². The molecule has 226 valence electrons. The van der Waals surface area contributed by atoms with Crippen LogP contribution in [0, 0.1) is 0 Å². The van der Waals surface area contributed by atoms with Gasteiger partial charge < -0.3 is 4.74 Å². The summed E-state index contributed by atoms with van der Waals surface area (Å²) in [5.41, 5.74) is 6.05. The number of hydrogen-bond acceptors (Lipinski definition) is 6. The van der Waals surface area contributed by atoms with Gasteiger partial charge in [0, 0.05) is 24.0 Å². The molecule has 2 aromatic heterocycles. The summed E-state index contributed by atoms with van der Waals surface area (Å²) >= 11 is 0. The average molecular weight is 591 g/mol. The lowest BCUT2D eigenvalue weighted by Crippen LogP contribution is -2.29. The van der Waals surface area contributed by atoms with Gasteiger partial charge in [-0.3, -0.25) is 18.9 Å². The molecule has 8 heteroatoms. The van der Waals surface area contributed by atoms with Crippen LogP contribution in [0.15, 0.2) is 86.9 Å². The largest absolute Gasteiger partial charge is 0.490 e. The van der Waals surface area contributed by atoms with Crippen LogP contribution in [0.25, 0.3) is 28.2 Å². The van der Waals surface area contributed by atoms with Gasteiger partial charge in [0.05, 0.1) is 17.5 Å². The lowest BCUT2D eigenvalue weighted by molar-refractivity contribution is 0.155. The van der Waals surface area contributed by atoms with E-state index >= 15 is 0 Å². The van der Waals surface area contributed by atoms with Gasteiger partial charge in [-0.15, -0.1) is 0 Å². The number of aryl methyl sites for hydroxylation is 2. The van der Waals surface area contributed by atoms with Crippen molar-refractivity contribution in [3.8, 4) is 34.0 Å². The van der Waals surface area contributed by atoms with Gasteiger partial charge in [0.15, 0.2) is 5.82 Å². The van der Waals surface area contributed by atoms with Gasteiger partial charge in [-0.1, -0.05) is 80.4 Å². The van der Waals surface area contributed by atoms with Crippen molar-refractivity contribution in [2.45, 2.75) is 77.7 Å². The van der Waals surface area contributed by atoms with E-state index in [0.29, 0.717) is 18.7 Å². The zero-order valence-electron chi connectivity index (χ0n) is 25.3. The van der Waals surface area contributed by atoms with Crippen LogP contribution in [0.2, 0.25) is 0 Å². The lowest BCUT2D eigenvalue weighted by Gasteiger charge is -2.23. The molecule has 6 rings (SSSR count). The third-order valence-electron chi connectivity index (χ3n) is 8.35. The number of benzene rings is 3. The monoisotopic (exact) mass is 590 g/mol. The molecule has 1 N–H and O–H groups in total. The molecule has 0 aliphatic heterocycles. The first-order valence-electron chi connectivity index (χ1n) is 15.7. The Morgan fingerprint density at radius 2 is 1.64 bits per heavy atom. The first-order valence-corrected chi connectivity index (χ1v) is 15.7. The summed E-state index contributed by atoms with van der Waals surface area (Å²) in [6.07, 6.45) is 8.98. The van der Waals surface area contributed by atoms with Gasteiger partial charge in [-0.2, -0.15) is 0 Å². The van der Waals surface area contributed by atoms with E-state index in [1.165, 1.54) is 19.3 Å². The number of H-pyrrole nitrogens is 1. The second-order valence-corrected chi connectivity index (χ2v) is 11.4. The van der Waals surface area contributed by atoms with Crippen LogP contribution in [0.5, 0.6) is 5.75 Å². The number of aromatic amines is 1. The predicted octanol–water partition coefficient (Wildman–Crippen LogP) is 7.06. The Kier molecular flexibility index (Phi) is 8.86. The summed E-state index contributed by atoms with van der Waals surface area (Å²) in [7, 11) is 0. The summed E-state index contributed by atoms with van der Waals surface area (Å²) in [6.45, 7) is 4.15. The summed E-state index contributed by atoms with van der Waals surface area (Å²) in [6, 6.07) is 23.7. The fraction of sp³-hybridized carbons (Fsp3) is 0.333. The van der Waals surface area contributed by atoms with Crippen molar-refractivity contribution in [1.82, 2.24) is 19.7 Å². The zero-order chi connectivity index (χ0) is 30.5. The molecule has 0 radical (unpaired) electrons. The number of hydrogen-bond donors (Lipinski definition) is 1. The number of ether oxygens (including phenoxy) is 1. The topological polar surface area (TPSA) is 103 Å². The molecule has 8 nitrogen and oxygen atoms in total. The minimum Gasteiger partial charge on any atom is -0.490 e. The molecule has 0 spiro atoms. The van der Waals surface area contributed by atoms with E-state index in [1.54, 1.807) is 4.57 Å². The molecule has 44 heavy (non-hydrogen) atoms. The van der Waals surface area contributed by atoms with E-state index in [4.69, 9.17) is 14.2 Å². The standard InChI is InChI=1S/C36H38N4O4/c1-3-10-32-31(23-24-15-17-25(18-16-24)29-13-8-9-14-30(29)34-38-36(42)44-39-34)35(41)40(33(4-2)37-32)26-19-21-28(22-20-26)43-27-11-6-5-7-12-27/h8-9,13-22,27H,3-7,10-12,23H2,1-2H3,(H,38,39,42). The molecular formula is C36H38N4O4.